The minimum Gasteiger partial charge on any atom is -0.327 e. The molecule has 0 aliphatic heterocycles. The molecular formula is C11H20BrN3. The van der Waals surface area contributed by atoms with Crippen molar-refractivity contribution >= 4 is 15.9 Å². The van der Waals surface area contributed by atoms with Gasteiger partial charge in [0.2, 0.25) is 0 Å². The van der Waals surface area contributed by atoms with Gasteiger partial charge in [-0.1, -0.05) is 13.8 Å². The summed E-state index contributed by atoms with van der Waals surface area (Å²) in [6.45, 7) is 6.40. The highest BCUT2D eigenvalue weighted by Gasteiger charge is 2.14. The molecule has 0 bridgehead atoms. The van der Waals surface area contributed by atoms with Gasteiger partial charge in [0.1, 0.15) is 0 Å². The van der Waals surface area contributed by atoms with Crippen LogP contribution < -0.4 is 5.73 Å². The largest absolute Gasteiger partial charge is 0.327 e. The minimum absolute atomic E-state index is 0.219. The average Bonchev–Trinajstić information content (AvgIpc) is 2.31. The van der Waals surface area contributed by atoms with Gasteiger partial charge in [0.15, 0.2) is 0 Å². The molecule has 4 heteroatoms. The number of aromatic nitrogens is 2. The second kappa shape index (κ2) is 5.12. The van der Waals surface area contributed by atoms with Gasteiger partial charge in [-0.25, -0.2) is 0 Å². The SMILES string of the molecule is Cc1nn(C)c(CC(N)CC(C)C)c1Br. The van der Waals surface area contributed by atoms with E-state index >= 15 is 0 Å². The molecule has 86 valence electrons. The predicted octanol–water partition coefficient (Wildman–Crippen LogP) is 2.41. The van der Waals surface area contributed by atoms with Gasteiger partial charge in [0.05, 0.1) is 15.9 Å². The van der Waals surface area contributed by atoms with E-state index in [1.807, 2.05) is 18.7 Å². The number of hydrogen-bond acceptors (Lipinski definition) is 2. The topological polar surface area (TPSA) is 43.8 Å². The number of nitrogens with two attached hydrogens (primary N) is 1. The molecule has 0 radical (unpaired) electrons. The summed E-state index contributed by atoms with van der Waals surface area (Å²) >= 11 is 3.56. The lowest BCUT2D eigenvalue weighted by atomic mass is 10.0. The molecule has 0 aliphatic rings. The molecule has 1 unspecified atom stereocenters. The van der Waals surface area contributed by atoms with Gasteiger partial charge < -0.3 is 5.73 Å². The van der Waals surface area contributed by atoms with Crippen molar-refractivity contribution in [1.82, 2.24) is 9.78 Å². The highest BCUT2D eigenvalue weighted by Crippen LogP contribution is 2.22. The van der Waals surface area contributed by atoms with E-state index < -0.39 is 0 Å². The van der Waals surface area contributed by atoms with Crippen molar-refractivity contribution in [3.8, 4) is 0 Å². The number of nitrogens with zero attached hydrogens (tertiary/aromatic N) is 2. The molecule has 0 saturated heterocycles. The Morgan fingerprint density at radius 1 is 1.47 bits per heavy atom. The molecule has 2 N–H and O–H groups in total. The summed E-state index contributed by atoms with van der Waals surface area (Å²) in [5.74, 6) is 0.646. The van der Waals surface area contributed by atoms with E-state index in [9.17, 15) is 0 Å². The Bertz CT molecular complexity index is 331. The van der Waals surface area contributed by atoms with E-state index in [-0.39, 0.29) is 6.04 Å². The van der Waals surface area contributed by atoms with Crippen molar-refractivity contribution in [2.75, 3.05) is 0 Å². The average molecular weight is 274 g/mol. The highest BCUT2D eigenvalue weighted by molar-refractivity contribution is 9.10. The summed E-state index contributed by atoms with van der Waals surface area (Å²) in [6, 6.07) is 0.219. The first-order valence-electron chi connectivity index (χ1n) is 5.35. The van der Waals surface area contributed by atoms with Crippen LogP contribution >= 0.6 is 15.9 Å². The summed E-state index contributed by atoms with van der Waals surface area (Å²) in [6.07, 6.45) is 1.94. The standard InChI is InChI=1S/C11H20BrN3/c1-7(2)5-9(13)6-10-11(12)8(3)14-15(10)4/h7,9H,5-6,13H2,1-4H3. The molecule has 0 aromatic carbocycles. The molecule has 0 fully saturated rings. The third-order valence-electron chi connectivity index (χ3n) is 2.49. The van der Waals surface area contributed by atoms with Crippen molar-refractivity contribution in [2.24, 2.45) is 18.7 Å². The van der Waals surface area contributed by atoms with Gasteiger partial charge in [-0.3, -0.25) is 4.68 Å². The zero-order valence-electron chi connectivity index (χ0n) is 9.92. The quantitative estimate of drug-likeness (QED) is 0.916. The summed E-state index contributed by atoms with van der Waals surface area (Å²) in [5, 5.41) is 4.36. The summed E-state index contributed by atoms with van der Waals surface area (Å²) in [5.41, 5.74) is 8.32. The van der Waals surface area contributed by atoms with Gasteiger partial charge in [0, 0.05) is 19.5 Å². The Hall–Kier alpha value is -0.350. The Balaban J connectivity index is 2.71. The van der Waals surface area contributed by atoms with Gasteiger partial charge in [-0.05, 0) is 35.2 Å². The van der Waals surface area contributed by atoms with Crippen LogP contribution in [0.25, 0.3) is 0 Å². The lowest BCUT2D eigenvalue weighted by Crippen LogP contribution is -2.26. The normalized spacial score (nSPS) is 13.5. The Morgan fingerprint density at radius 3 is 2.47 bits per heavy atom. The molecule has 1 aromatic heterocycles. The summed E-state index contributed by atoms with van der Waals surface area (Å²) in [4.78, 5) is 0. The molecule has 1 aromatic rings. The molecule has 3 nitrogen and oxygen atoms in total. The van der Waals surface area contributed by atoms with Crippen LogP contribution in [-0.4, -0.2) is 15.8 Å². The number of halogens is 1. The van der Waals surface area contributed by atoms with Gasteiger partial charge in [-0.15, -0.1) is 0 Å². The number of rotatable bonds is 4. The first kappa shape index (κ1) is 12.7. The molecule has 0 aliphatic carbocycles. The fourth-order valence-corrected chi connectivity index (χ4v) is 2.34. The molecule has 1 heterocycles. The van der Waals surface area contributed by atoms with Crippen LogP contribution in [0.1, 0.15) is 31.7 Å². The second-order valence-electron chi connectivity index (χ2n) is 4.56. The zero-order valence-corrected chi connectivity index (χ0v) is 11.5. The molecule has 0 saturated carbocycles. The van der Waals surface area contributed by atoms with Crippen molar-refractivity contribution in [2.45, 2.75) is 39.7 Å². The Morgan fingerprint density at radius 2 is 2.07 bits per heavy atom. The van der Waals surface area contributed by atoms with E-state index in [4.69, 9.17) is 5.73 Å². The van der Waals surface area contributed by atoms with Crippen molar-refractivity contribution in [3.05, 3.63) is 15.9 Å². The third kappa shape index (κ3) is 3.31. The van der Waals surface area contributed by atoms with E-state index in [2.05, 4.69) is 34.9 Å². The van der Waals surface area contributed by atoms with Gasteiger partial charge in [0.25, 0.3) is 0 Å². The fraction of sp³-hybridized carbons (Fsp3) is 0.727. The third-order valence-corrected chi connectivity index (χ3v) is 3.52. The Labute approximate surface area is 100 Å². The molecule has 0 amide bonds. The van der Waals surface area contributed by atoms with Crippen LogP contribution in [0.2, 0.25) is 0 Å². The van der Waals surface area contributed by atoms with E-state index in [0.29, 0.717) is 5.92 Å². The molecule has 15 heavy (non-hydrogen) atoms. The van der Waals surface area contributed by atoms with Crippen molar-refractivity contribution < 1.29 is 0 Å². The second-order valence-corrected chi connectivity index (χ2v) is 5.36. The van der Waals surface area contributed by atoms with E-state index in [0.717, 1.165) is 23.0 Å². The lowest BCUT2D eigenvalue weighted by Gasteiger charge is -2.14. The van der Waals surface area contributed by atoms with Crippen molar-refractivity contribution in [3.63, 3.8) is 0 Å². The maximum Gasteiger partial charge on any atom is 0.0738 e. The number of aryl methyl sites for hydroxylation is 2. The maximum atomic E-state index is 6.09. The van der Waals surface area contributed by atoms with E-state index in [1.165, 1.54) is 5.69 Å². The summed E-state index contributed by atoms with van der Waals surface area (Å²) < 4.78 is 3.02. The molecule has 1 rings (SSSR count). The highest BCUT2D eigenvalue weighted by atomic mass is 79.9. The van der Waals surface area contributed by atoms with Crippen LogP contribution in [0.15, 0.2) is 4.47 Å². The fourth-order valence-electron chi connectivity index (χ4n) is 1.84. The van der Waals surface area contributed by atoms with Crippen LogP contribution in [0.4, 0.5) is 0 Å². The maximum absolute atomic E-state index is 6.09. The molecule has 1 atom stereocenters. The van der Waals surface area contributed by atoms with Crippen LogP contribution in [0.3, 0.4) is 0 Å². The van der Waals surface area contributed by atoms with Gasteiger partial charge in [-0.2, -0.15) is 5.10 Å². The first-order valence-corrected chi connectivity index (χ1v) is 6.14. The Kier molecular flexibility index (Phi) is 4.34. The summed E-state index contributed by atoms with van der Waals surface area (Å²) in [7, 11) is 1.97. The zero-order chi connectivity index (χ0) is 11.6. The van der Waals surface area contributed by atoms with Crippen LogP contribution in [0.5, 0.6) is 0 Å². The predicted molar refractivity (Wildman–Crippen MR) is 66.8 cm³/mol. The molecule has 0 spiro atoms. The minimum atomic E-state index is 0.219. The first-order chi connectivity index (χ1) is 6.91. The lowest BCUT2D eigenvalue weighted by molar-refractivity contribution is 0.483. The smallest absolute Gasteiger partial charge is 0.0738 e. The molecular weight excluding hydrogens is 254 g/mol. The van der Waals surface area contributed by atoms with Crippen molar-refractivity contribution in [1.29, 1.82) is 0 Å². The van der Waals surface area contributed by atoms with E-state index in [1.54, 1.807) is 0 Å². The van der Waals surface area contributed by atoms with Crippen LogP contribution in [-0.2, 0) is 13.5 Å². The number of hydrogen-bond donors (Lipinski definition) is 1. The monoisotopic (exact) mass is 273 g/mol. The van der Waals surface area contributed by atoms with Crippen LogP contribution in [0, 0.1) is 12.8 Å². The van der Waals surface area contributed by atoms with Gasteiger partial charge >= 0.3 is 0 Å².